The van der Waals surface area contributed by atoms with Crippen LogP contribution in [0.2, 0.25) is 0 Å². The second kappa shape index (κ2) is 6.21. The van der Waals surface area contributed by atoms with Gasteiger partial charge in [-0.15, -0.1) is 21.8 Å². The molecule has 0 saturated carbocycles. The Morgan fingerprint density at radius 3 is 2.94 bits per heavy atom. The average molecular weight is 243 g/mol. The Labute approximate surface area is 102 Å². The molecular formula is C11H19ClN4. The maximum Gasteiger partial charge on any atom is 0.147 e. The Morgan fingerprint density at radius 2 is 2.06 bits per heavy atom. The van der Waals surface area contributed by atoms with Crippen molar-refractivity contribution >= 4 is 11.6 Å². The van der Waals surface area contributed by atoms with Gasteiger partial charge >= 0.3 is 0 Å². The van der Waals surface area contributed by atoms with Crippen molar-refractivity contribution in [2.45, 2.75) is 38.8 Å². The van der Waals surface area contributed by atoms with Crippen LogP contribution >= 0.6 is 11.6 Å². The Morgan fingerprint density at radius 1 is 1.19 bits per heavy atom. The van der Waals surface area contributed by atoms with Crippen LogP contribution in [-0.4, -0.2) is 38.6 Å². The minimum atomic E-state index is 0.798. The third kappa shape index (κ3) is 3.19. The zero-order valence-electron chi connectivity index (χ0n) is 9.61. The molecule has 5 heteroatoms. The summed E-state index contributed by atoms with van der Waals surface area (Å²) in [7, 11) is 0. The fourth-order valence-corrected chi connectivity index (χ4v) is 2.28. The SMILES string of the molecule is ClCCCCCCN1CCn2cnnc2C1. The van der Waals surface area contributed by atoms with Crippen molar-refractivity contribution < 1.29 is 0 Å². The van der Waals surface area contributed by atoms with E-state index in [0.29, 0.717) is 0 Å². The Bertz CT molecular complexity index is 313. The molecule has 0 saturated heterocycles. The molecule has 2 rings (SSSR count). The van der Waals surface area contributed by atoms with Gasteiger partial charge in [-0.3, -0.25) is 4.90 Å². The average Bonchev–Trinajstić information content (AvgIpc) is 2.76. The van der Waals surface area contributed by atoms with Crippen molar-refractivity contribution in [1.82, 2.24) is 19.7 Å². The summed E-state index contributed by atoms with van der Waals surface area (Å²) in [5.41, 5.74) is 0. The lowest BCUT2D eigenvalue weighted by Gasteiger charge is -2.26. The molecule has 0 amide bonds. The lowest BCUT2D eigenvalue weighted by molar-refractivity contribution is 0.212. The summed E-state index contributed by atoms with van der Waals surface area (Å²) in [6.45, 7) is 4.29. The first-order valence-electron chi connectivity index (χ1n) is 6.05. The number of halogens is 1. The van der Waals surface area contributed by atoms with Crippen molar-refractivity contribution in [3.63, 3.8) is 0 Å². The predicted octanol–water partition coefficient (Wildman–Crippen LogP) is 1.89. The number of rotatable bonds is 6. The van der Waals surface area contributed by atoms with E-state index in [4.69, 9.17) is 11.6 Å². The smallest absolute Gasteiger partial charge is 0.147 e. The van der Waals surface area contributed by atoms with Crippen LogP contribution in [0.1, 0.15) is 31.5 Å². The molecular weight excluding hydrogens is 224 g/mol. The van der Waals surface area contributed by atoms with E-state index >= 15 is 0 Å². The highest BCUT2D eigenvalue weighted by Gasteiger charge is 2.16. The first-order chi connectivity index (χ1) is 7.90. The van der Waals surface area contributed by atoms with Crippen LogP contribution in [0.4, 0.5) is 0 Å². The normalized spacial score (nSPS) is 16.3. The summed E-state index contributed by atoms with van der Waals surface area (Å²) >= 11 is 5.64. The summed E-state index contributed by atoms with van der Waals surface area (Å²) in [5.74, 6) is 1.90. The van der Waals surface area contributed by atoms with Crippen LogP contribution in [-0.2, 0) is 13.1 Å². The Hall–Kier alpha value is -0.610. The highest BCUT2D eigenvalue weighted by atomic mass is 35.5. The molecule has 1 aromatic rings. The van der Waals surface area contributed by atoms with Gasteiger partial charge in [-0.05, 0) is 19.4 Å². The highest BCUT2D eigenvalue weighted by molar-refractivity contribution is 6.17. The zero-order chi connectivity index (χ0) is 11.2. The summed E-state index contributed by atoms with van der Waals surface area (Å²) in [4.78, 5) is 2.46. The molecule has 1 aromatic heterocycles. The first kappa shape index (κ1) is 11.9. The molecule has 0 radical (unpaired) electrons. The lowest BCUT2D eigenvalue weighted by Crippen LogP contribution is -2.34. The van der Waals surface area contributed by atoms with Gasteiger partial charge in [0.05, 0.1) is 6.54 Å². The Balaban J connectivity index is 1.65. The highest BCUT2D eigenvalue weighted by Crippen LogP contribution is 2.10. The van der Waals surface area contributed by atoms with Crippen LogP contribution in [0.15, 0.2) is 6.33 Å². The number of aromatic nitrogens is 3. The largest absolute Gasteiger partial charge is 0.315 e. The molecule has 0 fully saturated rings. The van der Waals surface area contributed by atoms with Crippen LogP contribution < -0.4 is 0 Å². The molecule has 90 valence electrons. The summed E-state index contributed by atoms with van der Waals surface area (Å²) in [6.07, 6.45) is 6.79. The molecule has 0 atom stereocenters. The summed E-state index contributed by atoms with van der Waals surface area (Å²) in [5, 5.41) is 8.05. The number of hydrogen-bond donors (Lipinski definition) is 0. The summed E-state index contributed by atoms with van der Waals surface area (Å²) in [6, 6.07) is 0. The maximum absolute atomic E-state index is 5.64. The van der Waals surface area contributed by atoms with E-state index in [-0.39, 0.29) is 0 Å². The number of fused-ring (bicyclic) bond motifs is 1. The fourth-order valence-electron chi connectivity index (χ4n) is 2.09. The lowest BCUT2D eigenvalue weighted by atomic mass is 10.2. The number of nitrogens with zero attached hydrogens (tertiary/aromatic N) is 4. The zero-order valence-corrected chi connectivity index (χ0v) is 10.4. The topological polar surface area (TPSA) is 34.0 Å². The Kier molecular flexibility index (Phi) is 4.60. The molecule has 16 heavy (non-hydrogen) atoms. The first-order valence-corrected chi connectivity index (χ1v) is 6.58. The van der Waals surface area contributed by atoms with E-state index in [9.17, 15) is 0 Å². The third-order valence-corrected chi connectivity index (χ3v) is 3.34. The van der Waals surface area contributed by atoms with Crippen molar-refractivity contribution in [3.8, 4) is 0 Å². The van der Waals surface area contributed by atoms with Gasteiger partial charge in [-0.25, -0.2) is 0 Å². The molecule has 0 aliphatic carbocycles. The van der Waals surface area contributed by atoms with Gasteiger partial charge in [0.25, 0.3) is 0 Å². The standard InChI is InChI=1S/C11H19ClN4/c12-5-3-1-2-4-6-15-7-8-16-10-13-14-11(16)9-15/h10H,1-9H2. The summed E-state index contributed by atoms with van der Waals surface area (Å²) < 4.78 is 2.14. The molecule has 0 N–H and O–H groups in total. The second-order valence-corrected chi connectivity index (χ2v) is 4.70. The molecule has 0 unspecified atom stereocenters. The molecule has 1 aliphatic heterocycles. The van der Waals surface area contributed by atoms with Gasteiger partial charge < -0.3 is 4.57 Å². The quantitative estimate of drug-likeness (QED) is 0.564. The van der Waals surface area contributed by atoms with Gasteiger partial charge in [0.1, 0.15) is 12.2 Å². The minimum absolute atomic E-state index is 0.798. The molecule has 0 spiro atoms. The van der Waals surface area contributed by atoms with Crippen molar-refractivity contribution in [2.24, 2.45) is 0 Å². The maximum atomic E-state index is 5.64. The third-order valence-electron chi connectivity index (χ3n) is 3.08. The molecule has 0 bridgehead atoms. The van der Waals surface area contributed by atoms with Crippen molar-refractivity contribution in [2.75, 3.05) is 19.0 Å². The van der Waals surface area contributed by atoms with Gasteiger partial charge in [-0.2, -0.15) is 0 Å². The fraction of sp³-hybridized carbons (Fsp3) is 0.818. The van der Waals surface area contributed by atoms with Crippen molar-refractivity contribution in [3.05, 3.63) is 12.2 Å². The van der Waals surface area contributed by atoms with Gasteiger partial charge in [0, 0.05) is 19.0 Å². The van der Waals surface area contributed by atoms with E-state index in [1.54, 1.807) is 0 Å². The van der Waals surface area contributed by atoms with Gasteiger partial charge in [0.2, 0.25) is 0 Å². The van der Waals surface area contributed by atoms with E-state index in [0.717, 1.165) is 37.8 Å². The van der Waals surface area contributed by atoms with Gasteiger partial charge in [0.15, 0.2) is 0 Å². The van der Waals surface area contributed by atoms with E-state index in [1.165, 1.54) is 25.8 Å². The van der Waals surface area contributed by atoms with Crippen LogP contribution in [0.3, 0.4) is 0 Å². The second-order valence-electron chi connectivity index (χ2n) is 4.32. The molecule has 0 aromatic carbocycles. The molecule has 1 aliphatic rings. The van der Waals surface area contributed by atoms with Crippen molar-refractivity contribution in [1.29, 1.82) is 0 Å². The van der Waals surface area contributed by atoms with Crippen LogP contribution in [0, 0.1) is 0 Å². The van der Waals surface area contributed by atoms with Crippen LogP contribution in [0.25, 0.3) is 0 Å². The predicted molar refractivity (Wildman–Crippen MR) is 64.5 cm³/mol. The van der Waals surface area contributed by atoms with E-state index in [2.05, 4.69) is 19.7 Å². The molecule has 4 nitrogen and oxygen atoms in total. The number of hydrogen-bond acceptors (Lipinski definition) is 3. The number of unbranched alkanes of at least 4 members (excludes halogenated alkanes) is 3. The van der Waals surface area contributed by atoms with E-state index < -0.39 is 0 Å². The van der Waals surface area contributed by atoms with E-state index in [1.807, 2.05) is 6.33 Å². The number of alkyl halides is 1. The van der Waals surface area contributed by atoms with Crippen LogP contribution in [0.5, 0.6) is 0 Å². The monoisotopic (exact) mass is 242 g/mol. The molecule has 2 heterocycles. The minimum Gasteiger partial charge on any atom is -0.315 e. The van der Waals surface area contributed by atoms with Gasteiger partial charge in [-0.1, -0.05) is 12.8 Å².